The normalized spacial score (nSPS) is 10.5. The van der Waals surface area contributed by atoms with Crippen LogP contribution in [0, 0.1) is 3.57 Å². The van der Waals surface area contributed by atoms with Crippen LogP contribution in [0.4, 0.5) is 0 Å². The van der Waals surface area contributed by atoms with Crippen molar-refractivity contribution in [3.63, 3.8) is 0 Å². The molecule has 0 saturated carbocycles. The first-order chi connectivity index (χ1) is 11.1. The number of fused-ring (bicyclic) bond motifs is 1. The van der Waals surface area contributed by atoms with Crippen molar-refractivity contribution in [1.82, 2.24) is 10.9 Å². The van der Waals surface area contributed by atoms with Crippen LogP contribution in [0.1, 0.15) is 20.0 Å². The predicted molar refractivity (Wildman–Crippen MR) is 101 cm³/mol. The number of hydrazine groups is 1. The lowest BCUT2D eigenvalue weighted by Crippen LogP contribution is -2.41. The zero-order valence-corrected chi connectivity index (χ0v) is 15.3. The number of amides is 2. The smallest absolute Gasteiger partial charge is 0.267 e. The fourth-order valence-corrected chi connectivity index (χ4v) is 3.99. The fourth-order valence-electron chi connectivity index (χ4n) is 2.03. The van der Waals surface area contributed by atoms with E-state index in [1.165, 1.54) is 11.3 Å². The number of halogens is 2. The molecular formula is C16H10ClIN2O2S. The van der Waals surface area contributed by atoms with Gasteiger partial charge in [-0.15, -0.1) is 11.3 Å². The number of rotatable bonds is 2. The van der Waals surface area contributed by atoms with Gasteiger partial charge < -0.3 is 0 Å². The molecule has 2 aromatic carbocycles. The van der Waals surface area contributed by atoms with Crippen molar-refractivity contribution in [3.8, 4) is 0 Å². The van der Waals surface area contributed by atoms with Crippen molar-refractivity contribution >= 4 is 67.4 Å². The van der Waals surface area contributed by atoms with Crippen molar-refractivity contribution in [3.05, 3.63) is 67.6 Å². The Morgan fingerprint density at radius 1 is 1.00 bits per heavy atom. The molecule has 0 saturated heterocycles. The summed E-state index contributed by atoms with van der Waals surface area (Å²) in [5.41, 5.74) is 5.28. The molecular weight excluding hydrogens is 447 g/mol. The van der Waals surface area contributed by atoms with E-state index in [0.29, 0.717) is 15.5 Å². The molecule has 0 spiro atoms. The van der Waals surface area contributed by atoms with Crippen LogP contribution < -0.4 is 10.9 Å². The van der Waals surface area contributed by atoms with Crippen molar-refractivity contribution in [1.29, 1.82) is 0 Å². The lowest BCUT2D eigenvalue weighted by Gasteiger charge is -2.06. The summed E-state index contributed by atoms with van der Waals surface area (Å²) in [5, 5.41) is 1.22. The van der Waals surface area contributed by atoms with Gasteiger partial charge in [-0.1, -0.05) is 35.9 Å². The van der Waals surface area contributed by atoms with Gasteiger partial charge in [-0.2, -0.15) is 0 Å². The summed E-state index contributed by atoms with van der Waals surface area (Å²) in [4.78, 5) is 24.6. The van der Waals surface area contributed by atoms with Gasteiger partial charge in [0.15, 0.2) is 0 Å². The maximum atomic E-state index is 12.2. The van der Waals surface area contributed by atoms with Crippen molar-refractivity contribution in [2.45, 2.75) is 0 Å². The van der Waals surface area contributed by atoms with E-state index in [2.05, 4.69) is 33.4 Å². The summed E-state index contributed by atoms with van der Waals surface area (Å²) in [6, 6.07) is 14.6. The second-order valence-corrected chi connectivity index (χ2v) is 7.34. The van der Waals surface area contributed by atoms with Gasteiger partial charge >= 0.3 is 0 Å². The molecule has 2 amide bonds. The van der Waals surface area contributed by atoms with Crippen LogP contribution in [-0.4, -0.2) is 11.8 Å². The molecule has 4 nitrogen and oxygen atoms in total. The van der Waals surface area contributed by atoms with Gasteiger partial charge in [-0.05, 0) is 46.9 Å². The molecule has 7 heteroatoms. The first-order valence-electron chi connectivity index (χ1n) is 6.59. The molecule has 0 aliphatic carbocycles. The van der Waals surface area contributed by atoms with Gasteiger partial charge in [0, 0.05) is 19.2 Å². The summed E-state index contributed by atoms with van der Waals surface area (Å²) < 4.78 is 1.86. The number of thiophene rings is 1. The molecule has 0 aliphatic heterocycles. The molecule has 3 rings (SSSR count). The van der Waals surface area contributed by atoms with Gasteiger partial charge in [0.05, 0.1) is 5.02 Å². The maximum absolute atomic E-state index is 12.2. The highest BCUT2D eigenvalue weighted by Gasteiger charge is 2.17. The maximum Gasteiger partial charge on any atom is 0.281 e. The van der Waals surface area contributed by atoms with E-state index in [9.17, 15) is 9.59 Å². The Kier molecular flexibility index (Phi) is 4.84. The largest absolute Gasteiger partial charge is 0.281 e. The zero-order valence-electron chi connectivity index (χ0n) is 11.6. The predicted octanol–water partition coefficient (Wildman–Crippen LogP) is 4.23. The molecule has 0 unspecified atom stereocenters. The average molecular weight is 457 g/mol. The fraction of sp³-hybridized carbons (Fsp3) is 0. The molecule has 23 heavy (non-hydrogen) atoms. The molecule has 0 bridgehead atoms. The summed E-state index contributed by atoms with van der Waals surface area (Å²) in [6.07, 6.45) is 0. The number of hydrogen-bond acceptors (Lipinski definition) is 3. The highest BCUT2D eigenvalue weighted by atomic mass is 127. The van der Waals surface area contributed by atoms with E-state index in [4.69, 9.17) is 11.6 Å². The van der Waals surface area contributed by atoms with Crippen molar-refractivity contribution < 1.29 is 9.59 Å². The summed E-state index contributed by atoms with van der Waals surface area (Å²) in [6.45, 7) is 0. The minimum atomic E-state index is -0.435. The third-order valence-electron chi connectivity index (χ3n) is 3.12. The second kappa shape index (κ2) is 6.86. The SMILES string of the molecule is O=C(NNC(=O)c1sc2ccccc2c1Cl)c1cccc(I)c1. The Bertz CT molecular complexity index is 910. The zero-order chi connectivity index (χ0) is 16.4. The minimum Gasteiger partial charge on any atom is -0.267 e. The number of nitrogens with one attached hydrogen (secondary N) is 2. The van der Waals surface area contributed by atoms with Gasteiger partial charge in [0.1, 0.15) is 4.88 Å². The quantitative estimate of drug-likeness (QED) is 0.448. The summed E-state index contributed by atoms with van der Waals surface area (Å²) >= 11 is 9.65. The van der Waals surface area contributed by atoms with E-state index < -0.39 is 5.91 Å². The van der Waals surface area contributed by atoms with Gasteiger partial charge in [0.25, 0.3) is 11.8 Å². The van der Waals surface area contributed by atoms with Crippen molar-refractivity contribution in [2.75, 3.05) is 0 Å². The number of hydrogen-bond donors (Lipinski definition) is 2. The Morgan fingerprint density at radius 3 is 2.48 bits per heavy atom. The lowest BCUT2D eigenvalue weighted by atomic mass is 10.2. The molecule has 0 fully saturated rings. The van der Waals surface area contributed by atoms with Crippen LogP contribution in [0.2, 0.25) is 5.02 Å². The summed E-state index contributed by atoms with van der Waals surface area (Å²) in [7, 11) is 0. The Labute approximate surface area is 154 Å². The van der Waals surface area contributed by atoms with Crippen LogP contribution in [0.15, 0.2) is 48.5 Å². The number of carbonyl (C=O) groups is 2. The molecule has 116 valence electrons. The van der Waals surface area contributed by atoms with Crippen molar-refractivity contribution in [2.24, 2.45) is 0 Å². The third kappa shape index (κ3) is 3.49. The Morgan fingerprint density at radius 2 is 1.74 bits per heavy atom. The van der Waals surface area contributed by atoms with E-state index >= 15 is 0 Å². The van der Waals surface area contributed by atoms with E-state index in [-0.39, 0.29) is 5.91 Å². The molecule has 0 atom stereocenters. The Balaban J connectivity index is 1.74. The lowest BCUT2D eigenvalue weighted by molar-refractivity contribution is 0.0849. The molecule has 0 radical (unpaired) electrons. The van der Waals surface area contributed by atoms with E-state index in [0.717, 1.165) is 13.7 Å². The molecule has 2 N–H and O–H groups in total. The van der Waals surface area contributed by atoms with Crippen LogP contribution in [-0.2, 0) is 0 Å². The minimum absolute atomic E-state index is 0.371. The summed E-state index contributed by atoms with van der Waals surface area (Å²) in [5.74, 6) is -0.815. The highest BCUT2D eigenvalue weighted by molar-refractivity contribution is 14.1. The average Bonchev–Trinajstić information content (AvgIpc) is 2.90. The van der Waals surface area contributed by atoms with Gasteiger partial charge in [-0.25, -0.2) is 0 Å². The first-order valence-corrected chi connectivity index (χ1v) is 8.87. The molecule has 3 aromatic rings. The molecule has 1 aromatic heterocycles. The first kappa shape index (κ1) is 16.2. The van der Waals surface area contributed by atoms with Crippen LogP contribution >= 0.6 is 45.5 Å². The van der Waals surface area contributed by atoms with Gasteiger partial charge in [0.2, 0.25) is 0 Å². The standard InChI is InChI=1S/C16H10ClIN2O2S/c17-13-11-6-1-2-7-12(11)23-14(13)16(22)20-19-15(21)9-4-3-5-10(18)8-9/h1-8H,(H,19,21)(H,20,22). The third-order valence-corrected chi connectivity index (χ3v) is 5.46. The Hall–Kier alpha value is -1.64. The van der Waals surface area contributed by atoms with Crippen LogP contribution in [0.25, 0.3) is 10.1 Å². The number of benzene rings is 2. The second-order valence-electron chi connectivity index (χ2n) is 4.66. The molecule has 0 aliphatic rings. The monoisotopic (exact) mass is 456 g/mol. The van der Waals surface area contributed by atoms with E-state index in [1.54, 1.807) is 18.2 Å². The van der Waals surface area contributed by atoms with E-state index in [1.807, 2.05) is 30.3 Å². The van der Waals surface area contributed by atoms with Gasteiger partial charge in [-0.3, -0.25) is 20.4 Å². The number of carbonyl (C=O) groups excluding carboxylic acids is 2. The molecule has 1 heterocycles. The highest BCUT2D eigenvalue weighted by Crippen LogP contribution is 2.34. The van der Waals surface area contributed by atoms with Crippen LogP contribution in [0.5, 0.6) is 0 Å². The van der Waals surface area contributed by atoms with Crippen LogP contribution in [0.3, 0.4) is 0 Å². The topological polar surface area (TPSA) is 58.2 Å².